The first-order valence-electron chi connectivity index (χ1n) is 5.44. The van der Waals surface area contributed by atoms with Gasteiger partial charge in [0.25, 0.3) is 0 Å². The number of hydrogen-bond acceptors (Lipinski definition) is 2. The van der Waals surface area contributed by atoms with Crippen LogP contribution in [0.4, 0.5) is 5.69 Å². The molecule has 1 atom stereocenters. The Labute approximate surface area is 109 Å². The van der Waals surface area contributed by atoms with E-state index in [-0.39, 0.29) is 17.2 Å². The van der Waals surface area contributed by atoms with Gasteiger partial charge < -0.3 is 5.32 Å². The molecule has 1 aromatic carbocycles. The maximum absolute atomic E-state index is 11.9. The molecule has 1 amide bonds. The second kappa shape index (κ2) is 4.15. The third kappa shape index (κ3) is 2.50. The fourth-order valence-electron chi connectivity index (χ4n) is 1.85. The largest absolute Gasteiger partial charge is 0.325 e. The third-order valence-corrected chi connectivity index (χ3v) is 3.68. The minimum atomic E-state index is 0.00817. The number of halogens is 1. The summed E-state index contributed by atoms with van der Waals surface area (Å²) in [6.45, 7) is 4.15. The molecular weight excluding hydrogens is 280 g/mol. The molecule has 0 aliphatic heterocycles. The fraction of sp³-hybridized carbons (Fsp3) is 0.385. The third-order valence-electron chi connectivity index (χ3n) is 3.19. The van der Waals surface area contributed by atoms with E-state index in [4.69, 9.17) is 5.26 Å². The van der Waals surface area contributed by atoms with Gasteiger partial charge in [-0.2, -0.15) is 5.26 Å². The number of carbonyl (C=O) groups excluding carboxylic acids is 1. The number of carbonyl (C=O) groups is 1. The summed E-state index contributed by atoms with van der Waals surface area (Å²) in [6, 6.07) is 7.34. The van der Waals surface area contributed by atoms with Crippen molar-refractivity contribution in [3.63, 3.8) is 0 Å². The topological polar surface area (TPSA) is 52.9 Å². The smallest absolute Gasteiger partial charge is 0.228 e. The normalized spacial score (nSPS) is 20.5. The van der Waals surface area contributed by atoms with Crippen LogP contribution in [0.5, 0.6) is 0 Å². The molecule has 1 N–H and O–H groups in total. The lowest BCUT2D eigenvalue weighted by molar-refractivity contribution is -0.118. The lowest BCUT2D eigenvalue weighted by Crippen LogP contribution is -2.17. The highest BCUT2D eigenvalue weighted by molar-refractivity contribution is 9.10. The van der Waals surface area contributed by atoms with E-state index in [0.717, 1.165) is 10.9 Å². The zero-order valence-corrected chi connectivity index (χ0v) is 11.3. The number of nitriles is 1. The molecule has 1 saturated carbocycles. The van der Waals surface area contributed by atoms with Crippen LogP contribution in [0.2, 0.25) is 0 Å². The first-order chi connectivity index (χ1) is 7.94. The molecule has 2 rings (SSSR count). The molecule has 0 spiro atoms. The Hall–Kier alpha value is -1.34. The van der Waals surface area contributed by atoms with E-state index in [1.165, 1.54) is 0 Å². The quantitative estimate of drug-likeness (QED) is 0.909. The molecule has 1 fully saturated rings. The standard InChI is InChI=1S/C13H13BrN2O/c1-13(2)6-10(13)12(17)16-11-4-3-9(14)5-8(11)7-15/h3-5,10H,6H2,1-2H3,(H,16,17). The number of anilines is 1. The molecule has 0 bridgehead atoms. The molecule has 0 aromatic heterocycles. The average Bonchev–Trinajstić information content (AvgIpc) is 2.90. The maximum Gasteiger partial charge on any atom is 0.228 e. The summed E-state index contributed by atoms with van der Waals surface area (Å²) >= 11 is 3.30. The van der Waals surface area contributed by atoms with E-state index in [0.29, 0.717) is 11.3 Å². The minimum absolute atomic E-state index is 0.00817. The summed E-state index contributed by atoms with van der Waals surface area (Å²) in [5.74, 6) is 0.0755. The Morgan fingerprint density at radius 3 is 2.76 bits per heavy atom. The van der Waals surface area contributed by atoms with Gasteiger partial charge in [0.1, 0.15) is 6.07 Å². The van der Waals surface area contributed by atoms with E-state index in [2.05, 4.69) is 41.2 Å². The van der Waals surface area contributed by atoms with Crippen LogP contribution >= 0.6 is 15.9 Å². The van der Waals surface area contributed by atoms with Gasteiger partial charge in [-0.05, 0) is 30.0 Å². The summed E-state index contributed by atoms with van der Waals surface area (Å²) in [7, 11) is 0. The first kappa shape index (κ1) is 12.1. The van der Waals surface area contributed by atoms with Gasteiger partial charge in [-0.25, -0.2) is 0 Å². The summed E-state index contributed by atoms with van der Waals surface area (Å²) in [4.78, 5) is 11.9. The predicted molar refractivity (Wildman–Crippen MR) is 69.4 cm³/mol. The molecule has 4 heteroatoms. The van der Waals surface area contributed by atoms with Crippen LogP contribution in [-0.2, 0) is 4.79 Å². The van der Waals surface area contributed by atoms with E-state index in [9.17, 15) is 4.79 Å². The minimum Gasteiger partial charge on any atom is -0.325 e. The van der Waals surface area contributed by atoms with Gasteiger partial charge >= 0.3 is 0 Å². The zero-order valence-electron chi connectivity index (χ0n) is 9.75. The van der Waals surface area contributed by atoms with Crippen LogP contribution in [0.1, 0.15) is 25.8 Å². The molecule has 3 nitrogen and oxygen atoms in total. The molecular formula is C13H13BrN2O. The lowest BCUT2D eigenvalue weighted by Gasteiger charge is -2.08. The highest BCUT2D eigenvalue weighted by atomic mass is 79.9. The Morgan fingerprint density at radius 2 is 2.24 bits per heavy atom. The molecule has 0 radical (unpaired) electrons. The zero-order chi connectivity index (χ0) is 12.6. The van der Waals surface area contributed by atoms with Crippen molar-refractivity contribution in [1.82, 2.24) is 0 Å². The Balaban J connectivity index is 2.15. The fourth-order valence-corrected chi connectivity index (χ4v) is 2.21. The number of rotatable bonds is 2. The molecule has 1 unspecified atom stereocenters. The van der Waals surface area contributed by atoms with Gasteiger partial charge in [-0.1, -0.05) is 29.8 Å². The van der Waals surface area contributed by atoms with Crippen molar-refractivity contribution in [3.05, 3.63) is 28.2 Å². The molecule has 1 aliphatic carbocycles. The number of hydrogen-bond donors (Lipinski definition) is 1. The van der Waals surface area contributed by atoms with Gasteiger partial charge in [0.2, 0.25) is 5.91 Å². The van der Waals surface area contributed by atoms with E-state index in [1.54, 1.807) is 12.1 Å². The highest BCUT2D eigenvalue weighted by Crippen LogP contribution is 2.52. The second-order valence-corrected chi connectivity index (χ2v) is 5.95. The summed E-state index contributed by atoms with van der Waals surface area (Å²) in [6.07, 6.45) is 0.914. The first-order valence-corrected chi connectivity index (χ1v) is 6.24. The SMILES string of the molecule is CC1(C)CC1C(=O)Nc1ccc(Br)cc1C#N. The summed E-state index contributed by atoms with van der Waals surface area (Å²) in [5, 5.41) is 11.8. The molecule has 17 heavy (non-hydrogen) atoms. The molecule has 0 saturated heterocycles. The summed E-state index contributed by atoms with van der Waals surface area (Å²) < 4.78 is 0.832. The van der Waals surface area contributed by atoms with E-state index < -0.39 is 0 Å². The van der Waals surface area contributed by atoms with Crippen LogP contribution in [0, 0.1) is 22.7 Å². The van der Waals surface area contributed by atoms with Crippen LogP contribution in [0.25, 0.3) is 0 Å². The van der Waals surface area contributed by atoms with E-state index >= 15 is 0 Å². The van der Waals surface area contributed by atoms with Gasteiger partial charge in [-0.3, -0.25) is 4.79 Å². The van der Waals surface area contributed by atoms with Crippen molar-refractivity contribution in [3.8, 4) is 6.07 Å². The van der Waals surface area contributed by atoms with Gasteiger partial charge in [0.05, 0.1) is 11.3 Å². The maximum atomic E-state index is 11.9. The number of amides is 1. The van der Waals surface area contributed by atoms with Crippen LogP contribution < -0.4 is 5.32 Å². The van der Waals surface area contributed by atoms with Crippen molar-refractivity contribution in [2.75, 3.05) is 5.32 Å². The Bertz CT molecular complexity index is 517. The number of nitrogens with zero attached hydrogens (tertiary/aromatic N) is 1. The van der Waals surface area contributed by atoms with Crippen molar-refractivity contribution in [2.24, 2.45) is 11.3 Å². The average molecular weight is 293 g/mol. The van der Waals surface area contributed by atoms with Gasteiger partial charge in [0, 0.05) is 10.4 Å². The predicted octanol–water partition coefficient (Wildman–Crippen LogP) is 3.31. The lowest BCUT2D eigenvalue weighted by atomic mass is 10.1. The number of benzene rings is 1. The molecule has 1 aromatic rings. The molecule has 88 valence electrons. The van der Waals surface area contributed by atoms with Crippen LogP contribution in [0.15, 0.2) is 22.7 Å². The van der Waals surface area contributed by atoms with Crippen LogP contribution in [-0.4, -0.2) is 5.91 Å². The number of nitrogens with one attached hydrogen (secondary N) is 1. The van der Waals surface area contributed by atoms with Crippen molar-refractivity contribution >= 4 is 27.5 Å². The van der Waals surface area contributed by atoms with Crippen molar-refractivity contribution < 1.29 is 4.79 Å². The highest BCUT2D eigenvalue weighted by Gasteiger charge is 2.50. The van der Waals surface area contributed by atoms with Crippen LogP contribution in [0.3, 0.4) is 0 Å². The Morgan fingerprint density at radius 1 is 1.59 bits per heavy atom. The summed E-state index contributed by atoms with van der Waals surface area (Å²) in [5.41, 5.74) is 1.17. The monoisotopic (exact) mass is 292 g/mol. The molecule has 0 heterocycles. The second-order valence-electron chi connectivity index (χ2n) is 5.04. The van der Waals surface area contributed by atoms with Gasteiger partial charge in [0.15, 0.2) is 0 Å². The van der Waals surface area contributed by atoms with Gasteiger partial charge in [-0.15, -0.1) is 0 Å². The van der Waals surface area contributed by atoms with Crippen molar-refractivity contribution in [2.45, 2.75) is 20.3 Å². The Kier molecular flexibility index (Phi) is 2.96. The van der Waals surface area contributed by atoms with E-state index in [1.807, 2.05) is 6.07 Å². The van der Waals surface area contributed by atoms with Crippen molar-refractivity contribution in [1.29, 1.82) is 5.26 Å². The molecule has 1 aliphatic rings.